The molecule has 2 aromatic carbocycles. The van der Waals surface area contributed by atoms with Crippen molar-refractivity contribution < 1.29 is 27.8 Å². The quantitative estimate of drug-likeness (QED) is 0.508. The summed E-state index contributed by atoms with van der Waals surface area (Å²) in [6.45, 7) is -2.82. The van der Waals surface area contributed by atoms with E-state index in [2.05, 4.69) is 9.72 Å². The van der Waals surface area contributed by atoms with Crippen molar-refractivity contribution in [2.24, 2.45) is 0 Å². The van der Waals surface area contributed by atoms with Gasteiger partial charge >= 0.3 is 12.6 Å². The van der Waals surface area contributed by atoms with Crippen LogP contribution in [0.25, 0.3) is 10.6 Å². The van der Waals surface area contributed by atoms with Crippen molar-refractivity contribution in [3.63, 3.8) is 0 Å². The highest BCUT2D eigenvalue weighted by Gasteiger charge is 2.10. The highest BCUT2D eigenvalue weighted by Crippen LogP contribution is 2.27. The van der Waals surface area contributed by atoms with Gasteiger partial charge in [-0.05, 0) is 29.8 Å². The molecule has 0 aliphatic heterocycles. The van der Waals surface area contributed by atoms with Gasteiger partial charge in [0.15, 0.2) is 0 Å². The first-order chi connectivity index (χ1) is 13.5. The van der Waals surface area contributed by atoms with Crippen LogP contribution < -0.4 is 9.47 Å². The van der Waals surface area contributed by atoms with Gasteiger partial charge in [-0.3, -0.25) is 4.79 Å². The van der Waals surface area contributed by atoms with Crippen molar-refractivity contribution in [2.75, 3.05) is 7.11 Å². The maximum Gasteiger partial charge on any atom is 0.387 e. The number of rotatable bonds is 8. The molecule has 28 heavy (non-hydrogen) atoms. The van der Waals surface area contributed by atoms with E-state index in [1.54, 1.807) is 19.2 Å². The Balaban J connectivity index is 1.53. The van der Waals surface area contributed by atoms with Crippen LogP contribution >= 0.6 is 11.3 Å². The summed E-state index contributed by atoms with van der Waals surface area (Å²) in [6.07, 6.45) is 0.0296. The highest BCUT2D eigenvalue weighted by atomic mass is 32.1. The third-order valence-corrected chi connectivity index (χ3v) is 4.69. The average molecular weight is 405 g/mol. The number of esters is 1. The maximum atomic E-state index is 12.1. The second-order valence-corrected chi connectivity index (χ2v) is 6.59. The van der Waals surface area contributed by atoms with Gasteiger partial charge in [0.05, 0.1) is 19.2 Å². The summed E-state index contributed by atoms with van der Waals surface area (Å²) in [4.78, 5) is 16.5. The number of benzene rings is 2. The Labute approximate surface area is 164 Å². The van der Waals surface area contributed by atoms with Crippen molar-refractivity contribution in [3.05, 3.63) is 65.2 Å². The van der Waals surface area contributed by atoms with E-state index in [9.17, 15) is 13.6 Å². The molecule has 0 bridgehead atoms. The molecule has 0 saturated heterocycles. The van der Waals surface area contributed by atoms with E-state index in [4.69, 9.17) is 9.47 Å². The van der Waals surface area contributed by atoms with Gasteiger partial charge in [0.25, 0.3) is 0 Å². The molecule has 3 rings (SSSR count). The Morgan fingerprint density at radius 2 is 1.93 bits per heavy atom. The molecule has 146 valence electrons. The Morgan fingerprint density at radius 1 is 1.14 bits per heavy atom. The topological polar surface area (TPSA) is 57.7 Å². The average Bonchev–Trinajstić information content (AvgIpc) is 3.17. The van der Waals surface area contributed by atoms with E-state index in [1.807, 2.05) is 29.6 Å². The monoisotopic (exact) mass is 405 g/mol. The summed E-state index contributed by atoms with van der Waals surface area (Å²) >= 11 is 1.45. The summed E-state index contributed by atoms with van der Waals surface area (Å²) in [7, 11) is 1.60. The Kier molecular flexibility index (Phi) is 6.54. The zero-order chi connectivity index (χ0) is 19.9. The molecule has 0 N–H and O–H groups in total. The Hall–Kier alpha value is -3.00. The van der Waals surface area contributed by atoms with Crippen LogP contribution in [0.2, 0.25) is 0 Å². The number of alkyl halides is 2. The Morgan fingerprint density at radius 3 is 2.64 bits per heavy atom. The number of halogens is 2. The predicted octanol–water partition coefficient (Wildman–Crippen LogP) is 4.71. The first-order valence-electron chi connectivity index (χ1n) is 8.31. The SMILES string of the molecule is COc1cccc(-c2nc(COC(=O)Cc3ccc(OC(F)F)cc3)cs2)c1. The van der Waals surface area contributed by atoms with E-state index >= 15 is 0 Å². The first kappa shape index (κ1) is 19.8. The number of aromatic nitrogens is 1. The molecule has 8 heteroatoms. The molecule has 3 aromatic rings. The summed E-state index contributed by atoms with van der Waals surface area (Å²) in [5, 5.41) is 2.64. The molecule has 1 heterocycles. The minimum atomic E-state index is -2.88. The highest BCUT2D eigenvalue weighted by molar-refractivity contribution is 7.13. The fourth-order valence-corrected chi connectivity index (χ4v) is 3.22. The van der Waals surface area contributed by atoms with Crippen LogP contribution in [0.5, 0.6) is 11.5 Å². The fraction of sp³-hybridized carbons (Fsp3) is 0.200. The molecule has 0 atom stereocenters. The molecule has 0 amide bonds. The number of methoxy groups -OCH3 is 1. The van der Waals surface area contributed by atoms with E-state index in [-0.39, 0.29) is 18.8 Å². The molecule has 0 aliphatic carbocycles. The summed E-state index contributed by atoms with van der Waals surface area (Å²) in [6, 6.07) is 13.4. The molecule has 5 nitrogen and oxygen atoms in total. The van der Waals surface area contributed by atoms with Crippen LogP contribution in [0.3, 0.4) is 0 Å². The van der Waals surface area contributed by atoms with Gasteiger partial charge in [-0.1, -0.05) is 24.3 Å². The fourth-order valence-electron chi connectivity index (χ4n) is 2.42. The lowest BCUT2D eigenvalue weighted by Gasteiger charge is -2.06. The molecule has 0 radical (unpaired) electrons. The number of nitrogens with zero attached hydrogens (tertiary/aromatic N) is 1. The standard InChI is InChI=1S/C20H17F2NO4S/c1-25-17-4-2-3-14(10-17)19-23-15(12-28-19)11-26-18(24)9-13-5-7-16(8-6-13)27-20(21)22/h2-8,10,12,20H,9,11H2,1H3. The van der Waals surface area contributed by atoms with Crippen molar-refractivity contribution >= 4 is 17.3 Å². The van der Waals surface area contributed by atoms with Crippen molar-refractivity contribution in [1.29, 1.82) is 0 Å². The lowest BCUT2D eigenvalue weighted by atomic mass is 10.1. The van der Waals surface area contributed by atoms with Gasteiger partial charge in [0.2, 0.25) is 0 Å². The number of thiazole rings is 1. The van der Waals surface area contributed by atoms with Crippen LogP contribution in [0.4, 0.5) is 8.78 Å². The molecule has 0 fully saturated rings. The predicted molar refractivity (Wildman–Crippen MR) is 101 cm³/mol. The molecular weight excluding hydrogens is 388 g/mol. The second-order valence-electron chi connectivity index (χ2n) is 5.74. The van der Waals surface area contributed by atoms with Gasteiger partial charge in [-0.2, -0.15) is 8.78 Å². The van der Waals surface area contributed by atoms with Crippen LogP contribution in [0.1, 0.15) is 11.3 Å². The molecule has 1 aromatic heterocycles. The van der Waals surface area contributed by atoms with Gasteiger partial charge in [-0.25, -0.2) is 4.98 Å². The zero-order valence-corrected chi connectivity index (χ0v) is 15.7. The molecular formula is C20H17F2NO4S. The summed E-state index contributed by atoms with van der Waals surface area (Å²) in [5.74, 6) is 0.351. The number of ether oxygens (including phenoxy) is 3. The third-order valence-electron chi connectivity index (χ3n) is 3.75. The molecule has 0 saturated carbocycles. The zero-order valence-electron chi connectivity index (χ0n) is 14.9. The number of hydrogen-bond donors (Lipinski definition) is 0. The van der Waals surface area contributed by atoms with E-state index in [0.717, 1.165) is 16.3 Å². The van der Waals surface area contributed by atoms with Crippen LogP contribution in [0.15, 0.2) is 53.9 Å². The molecule has 0 spiro atoms. The smallest absolute Gasteiger partial charge is 0.387 e. The van der Waals surface area contributed by atoms with E-state index in [0.29, 0.717) is 11.3 Å². The molecule has 0 unspecified atom stereocenters. The largest absolute Gasteiger partial charge is 0.497 e. The van der Waals surface area contributed by atoms with Crippen molar-refractivity contribution in [2.45, 2.75) is 19.6 Å². The van der Waals surface area contributed by atoms with Crippen LogP contribution in [-0.2, 0) is 22.6 Å². The lowest BCUT2D eigenvalue weighted by Crippen LogP contribution is -2.08. The van der Waals surface area contributed by atoms with Gasteiger partial charge in [0, 0.05) is 10.9 Å². The second kappa shape index (κ2) is 9.27. The maximum absolute atomic E-state index is 12.1. The normalized spacial score (nSPS) is 10.7. The minimum Gasteiger partial charge on any atom is -0.497 e. The van der Waals surface area contributed by atoms with E-state index in [1.165, 1.54) is 23.5 Å². The van der Waals surface area contributed by atoms with Crippen molar-refractivity contribution in [1.82, 2.24) is 4.98 Å². The van der Waals surface area contributed by atoms with Crippen molar-refractivity contribution in [3.8, 4) is 22.1 Å². The first-order valence-corrected chi connectivity index (χ1v) is 9.19. The number of carbonyl (C=O) groups is 1. The van der Waals surface area contributed by atoms with Crippen LogP contribution in [0, 0.1) is 0 Å². The van der Waals surface area contributed by atoms with Gasteiger partial charge in [-0.15, -0.1) is 11.3 Å². The number of hydrogen-bond acceptors (Lipinski definition) is 6. The molecule has 0 aliphatic rings. The minimum absolute atomic E-state index is 0.0296. The summed E-state index contributed by atoms with van der Waals surface area (Å²) < 4.78 is 39.0. The number of carbonyl (C=O) groups excluding carboxylic acids is 1. The van der Waals surface area contributed by atoms with Gasteiger partial charge in [0.1, 0.15) is 23.1 Å². The third kappa shape index (κ3) is 5.50. The summed E-state index contributed by atoms with van der Waals surface area (Å²) in [5.41, 5.74) is 2.21. The lowest BCUT2D eigenvalue weighted by molar-refractivity contribution is -0.144. The van der Waals surface area contributed by atoms with Gasteiger partial charge < -0.3 is 14.2 Å². The van der Waals surface area contributed by atoms with E-state index < -0.39 is 12.6 Å². The van der Waals surface area contributed by atoms with Crippen LogP contribution in [-0.4, -0.2) is 24.7 Å². The Bertz CT molecular complexity index is 928.